The van der Waals surface area contributed by atoms with Crippen LogP contribution in [0, 0.1) is 12.8 Å². The Balaban J connectivity index is 1.63. The first kappa shape index (κ1) is 22.5. The number of piperidine rings is 1. The molecule has 4 aromatic rings. The van der Waals surface area contributed by atoms with Crippen LogP contribution in [-0.4, -0.2) is 44.3 Å². The van der Waals surface area contributed by atoms with E-state index in [4.69, 9.17) is 16.1 Å². The largest absolute Gasteiger partial charge is 0.354 e. The molecule has 10 heteroatoms. The molecule has 9 nitrogen and oxygen atoms in total. The first-order valence-corrected chi connectivity index (χ1v) is 11.9. The minimum atomic E-state index is -0.114. The van der Waals surface area contributed by atoms with Gasteiger partial charge in [0, 0.05) is 53.3 Å². The summed E-state index contributed by atoms with van der Waals surface area (Å²) in [4.78, 5) is 27.2. The maximum Gasteiger partial charge on any atom is 0.260 e. The number of rotatable bonds is 6. The number of fused-ring (bicyclic) bond motifs is 1. The van der Waals surface area contributed by atoms with Crippen LogP contribution in [0.2, 0.25) is 5.02 Å². The highest BCUT2D eigenvalue weighted by Gasteiger charge is 2.20. The molecule has 0 saturated carbocycles. The summed E-state index contributed by atoms with van der Waals surface area (Å²) in [5.74, 6) is 1.84. The molecule has 34 heavy (non-hydrogen) atoms. The van der Waals surface area contributed by atoms with Crippen molar-refractivity contribution in [1.29, 1.82) is 0 Å². The first-order valence-electron chi connectivity index (χ1n) is 11.5. The van der Waals surface area contributed by atoms with Gasteiger partial charge in [-0.25, -0.2) is 4.98 Å². The number of aromatic nitrogens is 5. The molecule has 0 amide bonds. The zero-order chi connectivity index (χ0) is 23.7. The van der Waals surface area contributed by atoms with E-state index in [0.29, 0.717) is 58.5 Å². The number of halogens is 1. The van der Waals surface area contributed by atoms with Crippen molar-refractivity contribution >= 4 is 28.6 Å². The van der Waals surface area contributed by atoms with Gasteiger partial charge in [0.05, 0.1) is 0 Å². The summed E-state index contributed by atoms with van der Waals surface area (Å²) in [6, 6.07) is 7.25. The van der Waals surface area contributed by atoms with Crippen LogP contribution in [0.1, 0.15) is 25.7 Å². The van der Waals surface area contributed by atoms with Gasteiger partial charge in [0.25, 0.3) is 5.56 Å². The topological polar surface area (TPSA) is 111 Å². The van der Waals surface area contributed by atoms with Crippen LogP contribution >= 0.6 is 11.6 Å². The molecule has 4 heterocycles. The fourth-order valence-corrected chi connectivity index (χ4v) is 4.66. The lowest BCUT2D eigenvalue weighted by Crippen LogP contribution is -2.33. The molecule has 0 aliphatic carbocycles. The second kappa shape index (κ2) is 9.52. The Labute approximate surface area is 201 Å². The van der Waals surface area contributed by atoms with Crippen molar-refractivity contribution in [2.45, 2.75) is 33.2 Å². The zero-order valence-electron chi connectivity index (χ0n) is 19.1. The SMILES string of the molecule is CCNc1ncc2cc(-c3ccc(-c4noc(C)n4)cc3Cl)c(=O)n(CC3CCNCC3)c2n1. The molecule has 0 spiro atoms. The summed E-state index contributed by atoms with van der Waals surface area (Å²) in [5.41, 5.74) is 2.40. The summed E-state index contributed by atoms with van der Waals surface area (Å²) in [7, 11) is 0. The molecule has 0 radical (unpaired) electrons. The van der Waals surface area contributed by atoms with Gasteiger partial charge in [0.2, 0.25) is 17.7 Å². The van der Waals surface area contributed by atoms with Gasteiger partial charge in [-0.1, -0.05) is 28.9 Å². The smallest absolute Gasteiger partial charge is 0.260 e. The molecule has 1 aromatic carbocycles. The number of pyridine rings is 1. The number of anilines is 1. The quantitative estimate of drug-likeness (QED) is 0.428. The number of aryl methyl sites for hydroxylation is 1. The van der Waals surface area contributed by atoms with E-state index < -0.39 is 0 Å². The van der Waals surface area contributed by atoms with Gasteiger partial charge in [-0.2, -0.15) is 9.97 Å². The van der Waals surface area contributed by atoms with Gasteiger partial charge in [0.15, 0.2) is 0 Å². The number of benzene rings is 1. The maximum absolute atomic E-state index is 13.8. The van der Waals surface area contributed by atoms with Gasteiger partial charge in [-0.05, 0) is 50.9 Å². The van der Waals surface area contributed by atoms with Crippen molar-refractivity contribution in [3.05, 3.63) is 51.7 Å². The molecule has 2 N–H and O–H groups in total. The molecule has 1 aliphatic heterocycles. The molecule has 0 unspecified atom stereocenters. The average Bonchev–Trinajstić information content (AvgIpc) is 3.28. The second-order valence-electron chi connectivity index (χ2n) is 8.50. The number of nitrogens with zero attached hydrogens (tertiary/aromatic N) is 5. The summed E-state index contributed by atoms with van der Waals surface area (Å²) < 4.78 is 6.86. The second-order valence-corrected chi connectivity index (χ2v) is 8.91. The van der Waals surface area contributed by atoms with Crippen LogP contribution in [0.3, 0.4) is 0 Å². The van der Waals surface area contributed by atoms with Crippen LogP contribution in [-0.2, 0) is 6.54 Å². The molecule has 0 atom stereocenters. The van der Waals surface area contributed by atoms with Crippen molar-refractivity contribution in [2.24, 2.45) is 5.92 Å². The van der Waals surface area contributed by atoms with E-state index in [1.54, 1.807) is 23.8 Å². The van der Waals surface area contributed by atoms with Crippen LogP contribution in [0.25, 0.3) is 33.5 Å². The predicted octanol–water partition coefficient (Wildman–Crippen LogP) is 3.90. The lowest BCUT2D eigenvalue weighted by Gasteiger charge is -2.24. The van der Waals surface area contributed by atoms with Crippen molar-refractivity contribution < 1.29 is 4.52 Å². The lowest BCUT2D eigenvalue weighted by atomic mass is 9.97. The normalized spacial score (nSPS) is 14.6. The van der Waals surface area contributed by atoms with Crippen molar-refractivity contribution in [1.82, 2.24) is 30.0 Å². The minimum absolute atomic E-state index is 0.114. The summed E-state index contributed by atoms with van der Waals surface area (Å²) >= 11 is 6.67. The van der Waals surface area contributed by atoms with Gasteiger partial charge < -0.3 is 15.2 Å². The van der Waals surface area contributed by atoms with Crippen LogP contribution in [0.15, 0.2) is 39.8 Å². The van der Waals surface area contributed by atoms with E-state index in [1.807, 2.05) is 25.1 Å². The molecule has 176 valence electrons. The van der Waals surface area contributed by atoms with Crippen LogP contribution in [0.5, 0.6) is 0 Å². The number of hydrogen-bond donors (Lipinski definition) is 2. The maximum atomic E-state index is 13.8. The molecule has 1 saturated heterocycles. The summed E-state index contributed by atoms with van der Waals surface area (Å²) in [6.45, 7) is 6.93. The van der Waals surface area contributed by atoms with E-state index >= 15 is 0 Å². The lowest BCUT2D eigenvalue weighted by molar-refractivity contribution is 0.333. The predicted molar refractivity (Wildman–Crippen MR) is 132 cm³/mol. The number of nitrogens with one attached hydrogen (secondary N) is 2. The Kier molecular flexibility index (Phi) is 6.30. The first-order chi connectivity index (χ1) is 16.5. The van der Waals surface area contributed by atoms with Crippen molar-refractivity contribution in [3.8, 4) is 22.5 Å². The van der Waals surface area contributed by atoms with E-state index in [0.717, 1.165) is 36.9 Å². The average molecular weight is 480 g/mol. The summed E-state index contributed by atoms with van der Waals surface area (Å²) in [5, 5.41) is 11.7. The van der Waals surface area contributed by atoms with Crippen LogP contribution in [0.4, 0.5) is 5.95 Å². The standard InChI is InChI=1S/C24H26ClN7O2/c1-3-27-24-28-12-17-10-19(18-5-4-16(11-20(18)25)21-29-14(2)34-31-21)23(33)32(22(17)30-24)13-15-6-8-26-9-7-15/h4-5,10-12,15,26H,3,6-9,13H2,1-2H3,(H,27,28,30). The van der Waals surface area contributed by atoms with E-state index in [2.05, 4.69) is 30.7 Å². The highest BCUT2D eigenvalue weighted by molar-refractivity contribution is 6.33. The van der Waals surface area contributed by atoms with Crippen LogP contribution < -0.4 is 16.2 Å². The molecule has 1 fully saturated rings. The third-order valence-corrected chi connectivity index (χ3v) is 6.42. The van der Waals surface area contributed by atoms with Gasteiger partial charge in [-0.3, -0.25) is 9.36 Å². The molecule has 1 aliphatic rings. The Hall–Kier alpha value is -3.30. The van der Waals surface area contributed by atoms with Crippen molar-refractivity contribution in [3.63, 3.8) is 0 Å². The summed E-state index contributed by atoms with van der Waals surface area (Å²) in [6.07, 6.45) is 3.79. The van der Waals surface area contributed by atoms with Gasteiger partial charge in [-0.15, -0.1) is 0 Å². The van der Waals surface area contributed by atoms with E-state index in [1.165, 1.54) is 0 Å². The monoisotopic (exact) mass is 479 g/mol. The zero-order valence-corrected chi connectivity index (χ0v) is 19.9. The fourth-order valence-electron chi connectivity index (χ4n) is 4.38. The van der Waals surface area contributed by atoms with Crippen molar-refractivity contribution in [2.75, 3.05) is 25.0 Å². The highest BCUT2D eigenvalue weighted by Crippen LogP contribution is 2.31. The Morgan fingerprint density at radius 2 is 2.03 bits per heavy atom. The molecular weight excluding hydrogens is 454 g/mol. The molecular formula is C24H26ClN7O2. The Morgan fingerprint density at radius 1 is 1.21 bits per heavy atom. The Morgan fingerprint density at radius 3 is 2.74 bits per heavy atom. The molecule has 5 rings (SSSR count). The van der Waals surface area contributed by atoms with E-state index in [-0.39, 0.29) is 5.56 Å². The fraction of sp³-hybridized carbons (Fsp3) is 0.375. The number of hydrogen-bond acceptors (Lipinski definition) is 8. The van der Waals surface area contributed by atoms with Gasteiger partial charge in [0.1, 0.15) is 5.65 Å². The Bertz CT molecular complexity index is 1390. The highest BCUT2D eigenvalue weighted by atomic mass is 35.5. The minimum Gasteiger partial charge on any atom is -0.354 e. The van der Waals surface area contributed by atoms with E-state index in [9.17, 15) is 4.79 Å². The van der Waals surface area contributed by atoms with Gasteiger partial charge >= 0.3 is 0 Å². The third-order valence-electron chi connectivity index (χ3n) is 6.11. The molecule has 0 bridgehead atoms. The molecule has 3 aromatic heterocycles. The third kappa shape index (κ3) is 4.41.